The fourth-order valence-electron chi connectivity index (χ4n) is 2.86. The highest BCUT2D eigenvalue weighted by atomic mass is 79.9. The molecule has 0 heterocycles. The standard InChI is InChI=1S/C25H19BrClN3O3/c1-16-3-2-4-22(11-16)30-25(32)18(14-28)12-17-13-19(26)5-10-23(17)33-15-24(31)29-21-8-6-20(27)7-9-21/h2-13H,15H2,1H3,(H,29,31)(H,30,32)/b18-12+. The second-order valence-electron chi connectivity index (χ2n) is 7.02. The Balaban J connectivity index is 1.74. The Morgan fingerprint density at radius 1 is 1.06 bits per heavy atom. The van der Waals surface area contributed by atoms with Crippen LogP contribution in [0.3, 0.4) is 0 Å². The molecule has 2 N–H and O–H groups in total. The molecule has 33 heavy (non-hydrogen) atoms. The molecule has 8 heteroatoms. The summed E-state index contributed by atoms with van der Waals surface area (Å²) in [6.45, 7) is 1.65. The van der Waals surface area contributed by atoms with Crippen molar-refractivity contribution in [2.45, 2.75) is 6.92 Å². The van der Waals surface area contributed by atoms with E-state index in [1.165, 1.54) is 6.08 Å². The Hall–Kier alpha value is -3.60. The number of ether oxygens (including phenoxy) is 1. The predicted octanol–water partition coefficient (Wildman–Crippen LogP) is 5.97. The van der Waals surface area contributed by atoms with E-state index >= 15 is 0 Å². The maximum Gasteiger partial charge on any atom is 0.266 e. The van der Waals surface area contributed by atoms with E-state index in [4.69, 9.17) is 16.3 Å². The molecule has 0 aliphatic rings. The summed E-state index contributed by atoms with van der Waals surface area (Å²) in [5.74, 6) is -0.567. The molecule has 0 aliphatic carbocycles. The van der Waals surface area contributed by atoms with Crippen LogP contribution in [0.2, 0.25) is 5.02 Å². The number of rotatable bonds is 7. The maximum atomic E-state index is 12.6. The molecule has 0 atom stereocenters. The van der Waals surface area contributed by atoms with Gasteiger partial charge in [-0.3, -0.25) is 9.59 Å². The third-order valence-electron chi connectivity index (χ3n) is 4.40. The normalized spacial score (nSPS) is 10.8. The van der Waals surface area contributed by atoms with E-state index in [2.05, 4.69) is 26.6 Å². The second kappa shape index (κ2) is 11.3. The molecule has 0 aliphatic heterocycles. The fraction of sp³-hybridized carbons (Fsp3) is 0.0800. The number of carbonyl (C=O) groups is 2. The number of nitrogens with one attached hydrogen (secondary N) is 2. The summed E-state index contributed by atoms with van der Waals surface area (Å²) in [6.07, 6.45) is 1.42. The minimum atomic E-state index is -0.547. The molecule has 3 rings (SSSR count). The summed E-state index contributed by atoms with van der Waals surface area (Å²) in [4.78, 5) is 24.9. The number of aryl methyl sites for hydroxylation is 1. The van der Waals surface area contributed by atoms with Crippen molar-refractivity contribution in [3.05, 3.63) is 92.9 Å². The van der Waals surface area contributed by atoms with Gasteiger partial charge in [0.05, 0.1) is 0 Å². The van der Waals surface area contributed by atoms with Gasteiger partial charge in [-0.1, -0.05) is 39.7 Å². The van der Waals surface area contributed by atoms with Crippen LogP contribution in [0.1, 0.15) is 11.1 Å². The van der Waals surface area contributed by atoms with Crippen molar-refractivity contribution in [2.24, 2.45) is 0 Å². The van der Waals surface area contributed by atoms with Crippen molar-refractivity contribution in [3.63, 3.8) is 0 Å². The van der Waals surface area contributed by atoms with Crippen LogP contribution in [0.5, 0.6) is 5.75 Å². The first-order chi connectivity index (χ1) is 15.8. The lowest BCUT2D eigenvalue weighted by molar-refractivity contribution is -0.118. The van der Waals surface area contributed by atoms with Crippen LogP contribution >= 0.6 is 27.5 Å². The van der Waals surface area contributed by atoms with E-state index in [0.717, 1.165) is 10.0 Å². The number of carbonyl (C=O) groups excluding carboxylic acids is 2. The molecule has 0 unspecified atom stereocenters. The third-order valence-corrected chi connectivity index (χ3v) is 5.14. The molecule has 0 radical (unpaired) electrons. The third kappa shape index (κ3) is 7.21. The summed E-state index contributed by atoms with van der Waals surface area (Å²) in [5.41, 5.74) is 2.52. The van der Waals surface area contributed by atoms with E-state index in [1.807, 2.05) is 25.1 Å². The molecular weight excluding hydrogens is 506 g/mol. The summed E-state index contributed by atoms with van der Waals surface area (Å²) in [6, 6.07) is 21.0. The van der Waals surface area contributed by atoms with Crippen molar-refractivity contribution >= 4 is 56.8 Å². The topological polar surface area (TPSA) is 91.2 Å². The average molecular weight is 525 g/mol. The Bertz CT molecular complexity index is 1250. The summed E-state index contributed by atoms with van der Waals surface area (Å²) in [5, 5.41) is 15.5. The molecule has 166 valence electrons. The number of benzene rings is 3. The van der Waals surface area contributed by atoms with Crippen molar-refractivity contribution < 1.29 is 14.3 Å². The zero-order valence-corrected chi connectivity index (χ0v) is 19.9. The van der Waals surface area contributed by atoms with E-state index in [9.17, 15) is 14.9 Å². The zero-order chi connectivity index (χ0) is 23.8. The number of nitriles is 1. The van der Waals surface area contributed by atoms with Gasteiger partial charge in [-0.25, -0.2) is 0 Å². The van der Waals surface area contributed by atoms with Gasteiger partial charge in [0.25, 0.3) is 11.8 Å². The first-order valence-corrected chi connectivity index (χ1v) is 11.0. The highest BCUT2D eigenvalue weighted by Gasteiger charge is 2.13. The molecule has 3 aromatic rings. The van der Waals surface area contributed by atoms with Gasteiger partial charge in [0.2, 0.25) is 0 Å². The fourth-order valence-corrected chi connectivity index (χ4v) is 3.37. The van der Waals surface area contributed by atoms with Crippen LogP contribution < -0.4 is 15.4 Å². The number of hydrogen-bond donors (Lipinski definition) is 2. The van der Waals surface area contributed by atoms with Crippen LogP contribution in [0.4, 0.5) is 11.4 Å². The highest BCUT2D eigenvalue weighted by Crippen LogP contribution is 2.26. The molecule has 2 amide bonds. The Morgan fingerprint density at radius 2 is 1.82 bits per heavy atom. The number of hydrogen-bond acceptors (Lipinski definition) is 4. The van der Waals surface area contributed by atoms with Crippen molar-refractivity contribution in [1.82, 2.24) is 0 Å². The molecule has 0 bridgehead atoms. The first-order valence-electron chi connectivity index (χ1n) is 9.81. The molecule has 0 saturated carbocycles. The first kappa shape index (κ1) is 24.1. The second-order valence-corrected chi connectivity index (χ2v) is 8.37. The quantitative estimate of drug-likeness (QED) is 0.294. The van der Waals surface area contributed by atoms with Crippen LogP contribution in [0.25, 0.3) is 6.08 Å². The zero-order valence-electron chi connectivity index (χ0n) is 17.6. The van der Waals surface area contributed by atoms with E-state index in [0.29, 0.717) is 27.7 Å². The van der Waals surface area contributed by atoms with Gasteiger partial charge in [0, 0.05) is 26.4 Å². The number of halogens is 2. The van der Waals surface area contributed by atoms with Gasteiger partial charge in [0.1, 0.15) is 17.4 Å². The van der Waals surface area contributed by atoms with Gasteiger partial charge in [-0.15, -0.1) is 0 Å². The average Bonchev–Trinajstić information content (AvgIpc) is 2.78. The Morgan fingerprint density at radius 3 is 2.52 bits per heavy atom. The summed E-state index contributed by atoms with van der Waals surface area (Å²) in [7, 11) is 0. The van der Waals surface area contributed by atoms with Crippen molar-refractivity contribution in [1.29, 1.82) is 5.26 Å². The van der Waals surface area contributed by atoms with Crippen LogP contribution in [0, 0.1) is 18.3 Å². The van der Waals surface area contributed by atoms with Gasteiger partial charge in [-0.2, -0.15) is 5.26 Å². The summed E-state index contributed by atoms with van der Waals surface area (Å²) < 4.78 is 6.39. The molecular formula is C25H19BrClN3O3. The predicted molar refractivity (Wildman–Crippen MR) is 133 cm³/mol. The van der Waals surface area contributed by atoms with Crippen molar-refractivity contribution in [3.8, 4) is 11.8 Å². The van der Waals surface area contributed by atoms with Gasteiger partial charge < -0.3 is 15.4 Å². The van der Waals surface area contributed by atoms with Gasteiger partial charge >= 0.3 is 0 Å². The van der Waals surface area contributed by atoms with Crippen molar-refractivity contribution in [2.75, 3.05) is 17.2 Å². The maximum absolute atomic E-state index is 12.6. The van der Waals surface area contributed by atoms with Crippen LogP contribution in [0.15, 0.2) is 76.8 Å². The molecule has 0 fully saturated rings. The molecule has 6 nitrogen and oxygen atoms in total. The smallest absolute Gasteiger partial charge is 0.266 e. The molecule has 0 aromatic heterocycles. The van der Waals surface area contributed by atoms with Crippen LogP contribution in [-0.2, 0) is 9.59 Å². The largest absolute Gasteiger partial charge is 0.483 e. The molecule has 3 aromatic carbocycles. The Kier molecular flexibility index (Phi) is 8.25. The van der Waals surface area contributed by atoms with E-state index in [1.54, 1.807) is 54.6 Å². The minimum absolute atomic E-state index is 0.106. The summed E-state index contributed by atoms with van der Waals surface area (Å²) >= 11 is 9.23. The van der Waals surface area contributed by atoms with Gasteiger partial charge in [0.15, 0.2) is 6.61 Å². The number of nitrogens with zero attached hydrogens (tertiary/aromatic N) is 1. The Labute approximate surface area is 205 Å². The lowest BCUT2D eigenvalue weighted by Gasteiger charge is -2.11. The van der Waals surface area contributed by atoms with E-state index < -0.39 is 5.91 Å². The monoisotopic (exact) mass is 523 g/mol. The number of anilines is 2. The SMILES string of the molecule is Cc1cccc(NC(=O)/C(C#N)=C/c2cc(Br)ccc2OCC(=O)Nc2ccc(Cl)cc2)c1. The van der Waals surface area contributed by atoms with Crippen LogP contribution in [-0.4, -0.2) is 18.4 Å². The number of amides is 2. The van der Waals surface area contributed by atoms with Gasteiger partial charge in [-0.05, 0) is 73.2 Å². The minimum Gasteiger partial charge on any atom is -0.483 e. The molecule has 0 spiro atoms. The highest BCUT2D eigenvalue weighted by molar-refractivity contribution is 9.10. The molecule has 0 saturated heterocycles. The van der Waals surface area contributed by atoms with E-state index in [-0.39, 0.29) is 18.1 Å². The lowest BCUT2D eigenvalue weighted by Crippen LogP contribution is -2.20. The lowest BCUT2D eigenvalue weighted by atomic mass is 10.1.